The third kappa shape index (κ3) is 3.05. The van der Waals surface area contributed by atoms with Crippen molar-refractivity contribution < 1.29 is 17.9 Å². The van der Waals surface area contributed by atoms with Crippen LogP contribution >= 0.6 is 0 Å². The van der Waals surface area contributed by atoms with Gasteiger partial charge in [-0.3, -0.25) is 4.79 Å². The summed E-state index contributed by atoms with van der Waals surface area (Å²) in [5, 5.41) is 0.652. The Morgan fingerprint density at radius 1 is 0.966 bits per heavy atom. The molecule has 0 atom stereocenters. The van der Waals surface area contributed by atoms with E-state index in [4.69, 9.17) is 10.5 Å². The van der Waals surface area contributed by atoms with E-state index < -0.39 is 10.0 Å². The molecule has 2 N–H and O–H groups in total. The van der Waals surface area contributed by atoms with Gasteiger partial charge in [0.1, 0.15) is 5.75 Å². The molecule has 4 aromatic rings. The third-order valence-corrected chi connectivity index (χ3v) is 6.50. The summed E-state index contributed by atoms with van der Waals surface area (Å²) >= 11 is 0. The van der Waals surface area contributed by atoms with Crippen molar-refractivity contribution in [2.75, 3.05) is 12.8 Å². The average molecular weight is 406 g/mol. The maximum atomic E-state index is 13.6. The Kier molecular flexibility index (Phi) is 4.60. The molecule has 1 heterocycles. The van der Waals surface area contributed by atoms with Gasteiger partial charge in [0.15, 0.2) is 6.29 Å². The third-order valence-electron chi connectivity index (χ3n) is 4.76. The van der Waals surface area contributed by atoms with E-state index in [1.165, 1.54) is 16.1 Å². The molecule has 0 saturated heterocycles. The van der Waals surface area contributed by atoms with Gasteiger partial charge >= 0.3 is 0 Å². The summed E-state index contributed by atoms with van der Waals surface area (Å²) in [6.45, 7) is 0. The fourth-order valence-electron chi connectivity index (χ4n) is 3.41. The minimum Gasteiger partial charge on any atom is -0.497 e. The van der Waals surface area contributed by atoms with Crippen LogP contribution in [0.4, 0.5) is 5.69 Å². The summed E-state index contributed by atoms with van der Waals surface area (Å²) < 4.78 is 33.7. The summed E-state index contributed by atoms with van der Waals surface area (Å²) in [6.07, 6.45) is 0.670. The van der Waals surface area contributed by atoms with Crippen LogP contribution in [0.5, 0.6) is 5.75 Å². The van der Waals surface area contributed by atoms with Crippen LogP contribution in [-0.4, -0.2) is 25.8 Å². The molecule has 4 rings (SSSR count). The summed E-state index contributed by atoms with van der Waals surface area (Å²) in [5.41, 5.74) is 7.94. The fraction of sp³-hybridized carbons (Fsp3) is 0.0455. The highest BCUT2D eigenvalue weighted by Gasteiger charge is 2.26. The quantitative estimate of drug-likeness (QED) is 0.400. The first-order chi connectivity index (χ1) is 14.0. The second-order valence-corrected chi connectivity index (χ2v) is 8.25. The molecule has 0 aliphatic rings. The monoisotopic (exact) mass is 406 g/mol. The first kappa shape index (κ1) is 18.8. The minimum absolute atomic E-state index is 0.136. The Hall–Kier alpha value is -3.58. The molecule has 0 radical (unpaired) electrons. The fourth-order valence-corrected chi connectivity index (χ4v) is 4.95. The number of nitrogens with zero attached hydrogens (tertiary/aromatic N) is 1. The molecular weight excluding hydrogens is 388 g/mol. The number of ether oxygens (including phenoxy) is 1. The summed E-state index contributed by atoms with van der Waals surface area (Å²) in [4.78, 5) is 11.8. The van der Waals surface area contributed by atoms with Crippen molar-refractivity contribution in [1.82, 2.24) is 3.97 Å². The summed E-state index contributed by atoms with van der Waals surface area (Å²) in [5.74, 6) is 0.593. The number of nitrogens with two attached hydrogens (primary N) is 1. The highest BCUT2D eigenvalue weighted by atomic mass is 32.2. The molecule has 0 amide bonds. The van der Waals surface area contributed by atoms with Crippen LogP contribution in [0.1, 0.15) is 10.4 Å². The number of nitrogen functional groups attached to an aromatic ring is 1. The van der Waals surface area contributed by atoms with Crippen molar-refractivity contribution in [3.63, 3.8) is 0 Å². The van der Waals surface area contributed by atoms with Crippen LogP contribution in [0.25, 0.3) is 22.2 Å². The lowest BCUT2D eigenvalue weighted by Crippen LogP contribution is -2.15. The van der Waals surface area contributed by atoms with E-state index in [1.54, 1.807) is 67.8 Å². The van der Waals surface area contributed by atoms with Crippen LogP contribution in [0.2, 0.25) is 0 Å². The van der Waals surface area contributed by atoms with Crippen molar-refractivity contribution in [3.05, 3.63) is 78.4 Å². The van der Waals surface area contributed by atoms with Crippen LogP contribution in [0, 0.1) is 0 Å². The molecule has 0 saturated carbocycles. The Morgan fingerprint density at radius 3 is 2.41 bits per heavy atom. The van der Waals surface area contributed by atoms with Crippen LogP contribution in [0.15, 0.2) is 77.7 Å². The highest BCUT2D eigenvalue weighted by Crippen LogP contribution is 2.37. The summed E-state index contributed by atoms with van der Waals surface area (Å²) in [7, 11) is -2.42. The topological polar surface area (TPSA) is 91.4 Å². The van der Waals surface area contributed by atoms with Crippen LogP contribution in [-0.2, 0) is 10.0 Å². The maximum Gasteiger partial charge on any atom is 0.268 e. The SMILES string of the molecule is COc1ccc2c(c1)cc(-c1c(N)cccc1C=O)n2S(=O)(=O)c1ccccc1. The van der Waals surface area contributed by atoms with Gasteiger partial charge in [-0.25, -0.2) is 12.4 Å². The van der Waals surface area contributed by atoms with E-state index in [1.807, 2.05) is 0 Å². The molecule has 29 heavy (non-hydrogen) atoms. The van der Waals surface area contributed by atoms with Gasteiger partial charge in [0, 0.05) is 22.2 Å². The molecule has 0 unspecified atom stereocenters. The molecule has 0 fully saturated rings. The number of methoxy groups -OCH3 is 1. The molecule has 7 heteroatoms. The van der Waals surface area contributed by atoms with Crippen molar-refractivity contribution in [2.45, 2.75) is 4.90 Å². The zero-order valence-corrected chi connectivity index (χ0v) is 16.4. The number of rotatable bonds is 5. The van der Waals surface area contributed by atoms with E-state index in [0.717, 1.165) is 0 Å². The normalized spacial score (nSPS) is 11.5. The largest absolute Gasteiger partial charge is 0.497 e. The number of aldehydes is 1. The molecular formula is C22H18N2O4S. The number of carbonyl (C=O) groups is 1. The van der Waals surface area contributed by atoms with Gasteiger partial charge in [-0.15, -0.1) is 0 Å². The van der Waals surface area contributed by atoms with Crippen molar-refractivity contribution in [2.24, 2.45) is 0 Å². The lowest BCUT2D eigenvalue weighted by molar-refractivity contribution is 0.112. The van der Waals surface area contributed by atoms with E-state index >= 15 is 0 Å². The molecule has 0 spiro atoms. The maximum absolute atomic E-state index is 13.6. The molecule has 6 nitrogen and oxygen atoms in total. The van der Waals surface area contributed by atoms with Gasteiger partial charge in [-0.2, -0.15) is 0 Å². The number of carbonyl (C=O) groups excluding carboxylic acids is 1. The van der Waals surface area contributed by atoms with Crippen LogP contribution in [0.3, 0.4) is 0 Å². The van der Waals surface area contributed by atoms with E-state index in [9.17, 15) is 13.2 Å². The first-order valence-corrected chi connectivity index (χ1v) is 10.3. The minimum atomic E-state index is -3.96. The van der Waals surface area contributed by atoms with E-state index in [0.29, 0.717) is 45.4 Å². The van der Waals surface area contributed by atoms with Crippen molar-refractivity contribution in [3.8, 4) is 17.0 Å². The molecule has 0 aliphatic heterocycles. The number of aromatic nitrogens is 1. The van der Waals surface area contributed by atoms with Crippen LogP contribution < -0.4 is 10.5 Å². The lowest BCUT2D eigenvalue weighted by atomic mass is 10.0. The van der Waals surface area contributed by atoms with E-state index in [2.05, 4.69) is 0 Å². The smallest absolute Gasteiger partial charge is 0.268 e. The van der Waals surface area contributed by atoms with Gasteiger partial charge in [-0.1, -0.05) is 30.3 Å². The summed E-state index contributed by atoms with van der Waals surface area (Å²) in [6, 6.07) is 19.9. The van der Waals surface area contributed by atoms with Gasteiger partial charge in [0.2, 0.25) is 0 Å². The predicted molar refractivity (Wildman–Crippen MR) is 113 cm³/mol. The van der Waals surface area contributed by atoms with Crippen molar-refractivity contribution >= 4 is 32.9 Å². The highest BCUT2D eigenvalue weighted by molar-refractivity contribution is 7.90. The Morgan fingerprint density at radius 2 is 1.72 bits per heavy atom. The van der Waals surface area contributed by atoms with Gasteiger partial charge in [0.25, 0.3) is 10.0 Å². The Bertz CT molecular complexity index is 1330. The van der Waals surface area contributed by atoms with Gasteiger partial charge < -0.3 is 10.5 Å². The van der Waals surface area contributed by atoms with Gasteiger partial charge in [-0.05, 0) is 42.5 Å². The first-order valence-electron chi connectivity index (χ1n) is 8.81. The molecule has 0 bridgehead atoms. The molecule has 1 aromatic heterocycles. The zero-order chi connectivity index (χ0) is 20.6. The Labute approximate surface area is 168 Å². The molecule has 0 aliphatic carbocycles. The number of fused-ring (bicyclic) bond motifs is 1. The lowest BCUT2D eigenvalue weighted by Gasteiger charge is -2.15. The number of anilines is 1. The average Bonchev–Trinajstić information content (AvgIpc) is 3.12. The zero-order valence-electron chi connectivity index (χ0n) is 15.6. The second kappa shape index (κ2) is 7.10. The Balaban J connectivity index is 2.14. The standard InChI is InChI=1S/C22H18N2O4S/c1-28-17-10-11-20-16(12-17)13-21(22-15(14-25)6-5-9-19(22)23)24(20)29(26,27)18-7-3-2-4-8-18/h2-14H,23H2,1H3. The number of benzene rings is 3. The number of hydrogen-bond donors (Lipinski definition) is 1. The van der Waals surface area contributed by atoms with Gasteiger partial charge in [0.05, 0.1) is 23.2 Å². The van der Waals surface area contributed by atoms with Crippen molar-refractivity contribution in [1.29, 1.82) is 0 Å². The predicted octanol–water partition coefficient (Wildman–Crippen LogP) is 3.95. The van der Waals surface area contributed by atoms with E-state index in [-0.39, 0.29) is 4.90 Å². The second-order valence-electron chi connectivity index (χ2n) is 6.47. The molecule has 146 valence electrons. The molecule has 3 aromatic carbocycles. The number of hydrogen-bond acceptors (Lipinski definition) is 5.